The summed E-state index contributed by atoms with van der Waals surface area (Å²) in [5, 5.41) is 0. The number of hydrogen-bond acceptors (Lipinski definition) is 3. The van der Waals surface area contributed by atoms with Crippen LogP contribution < -0.4 is 29.6 Å². The second kappa shape index (κ2) is 9.79. The summed E-state index contributed by atoms with van der Waals surface area (Å²) in [6.45, 7) is 0. The zero-order chi connectivity index (χ0) is 4.50. The molecule has 8 heavy (non-hydrogen) atoms. The topological polar surface area (TPSA) is 77.4 Å². The maximum absolute atomic E-state index is 8.63. The van der Waals surface area contributed by atoms with Crippen molar-refractivity contribution in [3.8, 4) is 0 Å². The van der Waals surface area contributed by atoms with E-state index in [9.17, 15) is 0 Å². The van der Waals surface area contributed by atoms with E-state index >= 15 is 0 Å². The molecule has 40 valence electrons. The number of rotatable bonds is 0. The normalized spacial score (nSPS) is 7.25. The van der Waals surface area contributed by atoms with E-state index in [-0.39, 0.29) is 91.9 Å². The van der Waals surface area contributed by atoms with E-state index in [2.05, 4.69) is 0 Å². The van der Waals surface area contributed by atoms with Gasteiger partial charge in [-0.2, -0.15) is 0 Å². The van der Waals surface area contributed by atoms with Crippen molar-refractivity contribution < 1.29 is 47.1 Å². The van der Waals surface area contributed by atoms with Crippen molar-refractivity contribution in [2.45, 2.75) is 0 Å². The second-order valence-electron chi connectivity index (χ2n) is 0.428. The third-order valence-corrected chi connectivity index (χ3v) is 0. The van der Waals surface area contributed by atoms with Gasteiger partial charge in [0.2, 0.25) is 10.4 Å². The van der Waals surface area contributed by atoms with Crippen LogP contribution in [0.1, 0.15) is 0 Å². The summed E-state index contributed by atoms with van der Waals surface area (Å²) in [5.74, 6) is 0. The molecule has 0 fully saturated rings. The second-order valence-corrected chi connectivity index (χ2v) is 1.28. The van der Waals surface area contributed by atoms with Crippen LogP contribution in [-0.4, -0.2) is 66.4 Å². The zero-order valence-corrected chi connectivity index (χ0v) is 12.3. The summed E-state index contributed by atoms with van der Waals surface area (Å²) < 4.78 is 32.8. The average Bonchev–Trinajstić information content (AvgIpc) is 0.722. The van der Waals surface area contributed by atoms with Gasteiger partial charge in [-0.25, -0.2) is 8.42 Å². The van der Waals surface area contributed by atoms with Gasteiger partial charge in [0.1, 0.15) is 0 Å². The van der Waals surface area contributed by atoms with Crippen molar-refractivity contribution in [1.82, 2.24) is 0 Å². The van der Waals surface area contributed by atoms with Crippen LogP contribution in [0, 0.1) is 0 Å². The molecule has 0 radical (unpaired) electrons. The first-order valence-electron chi connectivity index (χ1n) is 0.683. The quantitative estimate of drug-likeness (QED) is 0.278. The first-order valence-corrected chi connectivity index (χ1v) is 2.05. The van der Waals surface area contributed by atoms with E-state index in [0.29, 0.717) is 0 Å². The van der Waals surface area contributed by atoms with Gasteiger partial charge in [-0.15, -0.1) is 0 Å². The van der Waals surface area contributed by atoms with Crippen LogP contribution in [0.2, 0.25) is 0 Å². The molecule has 1 N–H and O–H groups in total. The van der Waals surface area contributed by atoms with Crippen LogP contribution >= 0.6 is 0 Å². The molecule has 0 atom stereocenters. The first kappa shape index (κ1) is 22.4. The molecule has 0 unspecified atom stereocenters. The molecule has 8 heteroatoms. The van der Waals surface area contributed by atoms with E-state index in [1.165, 1.54) is 0 Å². The molecule has 0 saturated heterocycles. The van der Waals surface area contributed by atoms with Gasteiger partial charge in [0.25, 0.3) is 0 Å². The van der Waals surface area contributed by atoms with E-state index in [1.54, 1.807) is 0 Å². The van der Waals surface area contributed by atoms with Gasteiger partial charge in [-0.1, -0.05) is 0 Å². The van der Waals surface area contributed by atoms with Gasteiger partial charge >= 0.3 is 78.4 Å². The molecule has 0 rings (SSSR count). The Morgan fingerprint density at radius 3 is 1.38 bits per heavy atom. The summed E-state index contributed by atoms with van der Waals surface area (Å²) in [4.78, 5) is 0. The predicted molar refractivity (Wildman–Crippen MR) is 25.4 cm³/mol. The summed E-state index contributed by atoms with van der Waals surface area (Å²) >= 11 is 0. The monoisotopic (exact) mass is 290 g/mol. The van der Waals surface area contributed by atoms with Gasteiger partial charge in [0.15, 0.2) is 0 Å². The Hall–Kier alpha value is 2.79. The molecular weight excluding hydrogens is 288 g/mol. The molecule has 0 heterocycles. The fourth-order valence-electron chi connectivity index (χ4n) is 0. The molecule has 0 aliphatic heterocycles. The van der Waals surface area contributed by atoms with Crippen molar-refractivity contribution in [2.75, 3.05) is 0 Å². The van der Waals surface area contributed by atoms with E-state index < -0.39 is 10.4 Å². The third kappa shape index (κ3) is 68.5. The van der Waals surface area contributed by atoms with Crippen molar-refractivity contribution in [3.05, 3.63) is 0 Å². The Labute approximate surface area is 117 Å². The summed E-state index contributed by atoms with van der Waals surface area (Å²) in [5.41, 5.74) is 0. The number of hydrogen-bond donors (Lipinski definition) is 1. The molecule has 4 nitrogen and oxygen atoms in total. The van der Waals surface area contributed by atoms with E-state index in [4.69, 9.17) is 17.5 Å². The summed E-state index contributed by atoms with van der Waals surface area (Å²) in [6, 6.07) is 0. The Balaban J connectivity index is -0.0000000267. The molecule has 0 aromatic heterocycles. The minimum absolute atomic E-state index is 0. The predicted octanol–water partition coefficient (Wildman–Crippen LogP) is -4.37. The summed E-state index contributed by atoms with van der Waals surface area (Å²) in [7, 11) is -4.92. The van der Waals surface area contributed by atoms with Crippen molar-refractivity contribution >= 4 is 72.8 Å². The molecule has 0 saturated carbocycles. The van der Waals surface area contributed by atoms with Crippen LogP contribution in [0.3, 0.4) is 0 Å². The average molecular weight is 289 g/mol. The molecular formula is HBaNaO4S2. The maximum atomic E-state index is 8.63. The molecule has 0 aliphatic rings. The van der Waals surface area contributed by atoms with E-state index in [0.717, 1.165) is 0 Å². The fraction of sp³-hybridized carbons (Fsp3) is 0. The van der Waals surface area contributed by atoms with Crippen molar-refractivity contribution in [3.63, 3.8) is 0 Å². The maximum Gasteiger partial charge on any atom is 2.00 e. The standard InChI is InChI=1S/Ba.Na.H2O4S.S/c;;1-5(2,3)4;/h;;(H2,1,2,3,4);/q+2;+1;;-2/p-1. The largest absolute Gasteiger partial charge is 2.00 e. The first-order chi connectivity index (χ1) is 2.00. The summed E-state index contributed by atoms with van der Waals surface area (Å²) in [6.07, 6.45) is 0. The Morgan fingerprint density at radius 1 is 1.38 bits per heavy atom. The Kier molecular flexibility index (Phi) is 27.5. The van der Waals surface area contributed by atoms with Gasteiger partial charge in [-0.3, -0.25) is 4.55 Å². The fourth-order valence-corrected chi connectivity index (χ4v) is 0. The molecule has 0 aliphatic carbocycles. The smallest absolute Gasteiger partial charge is 2.00 e. The van der Waals surface area contributed by atoms with Gasteiger partial charge < -0.3 is 18.0 Å². The molecule has 0 bridgehead atoms. The Bertz CT molecular complexity index is 97.2. The Morgan fingerprint density at radius 2 is 1.38 bits per heavy atom. The van der Waals surface area contributed by atoms with Crippen LogP contribution in [0.15, 0.2) is 0 Å². The van der Waals surface area contributed by atoms with Crippen LogP contribution in [0.5, 0.6) is 0 Å². The zero-order valence-electron chi connectivity index (χ0n) is 4.20. The van der Waals surface area contributed by atoms with E-state index in [1.807, 2.05) is 0 Å². The van der Waals surface area contributed by atoms with Crippen LogP contribution in [0.4, 0.5) is 0 Å². The van der Waals surface area contributed by atoms with Crippen molar-refractivity contribution in [1.29, 1.82) is 0 Å². The minimum atomic E-state index is -4.92. The minimum Gasteiger partial charge on any atom is -2.00 e. The molecule has 0 aromatic rings. The molecule has 0 amide bonds. The van der Waals surface area contributed by atoms with Crippen molar-refractivity contribution in [2.24, 2.45) is 0 Å². The molecule has 0 aromatic carbocycles. The van der Waals surface area contributed by atoms with Gasteiger partial charge in [-0.05, 0) is 0 Å². The third-order valence-electron chi connectivity index (χ3n) is 0. The van der Waals surface area contributed by atoms with Gasteiger partial charge in [0.05, 0.1) is 0 Å². The van der Waals surface area contributed by atoms with Gasteiger partial charge in [0, 0.05) is 0 Å². The SMILES string of the molecule is O=S(=O)([O-])O.[Ba+2].[Na+].[S-2]. The van der Waals surface area contributed by atoms with Crippen LogP contribution in [-0.2, 0) is 23.9 Å². The van der Waals surface area contributed by atoms with Crippen LogP contribution in [0.25, 0.3) is 0 Å². The molecule has 0 spiro atoms.